The molecule has 2 aliphatic heterocycles. The van der Waals surface area contributed by atoms with Gasteiger partial charge in [0.1, 0.15) is 24.2 Å². The van der Waals surface area contributed by atoms with Gasteiger partial charge in [-0.15, -0.1) is 5.75 Å². The predicted molar refractivity (Wildman–Crippen MR) is 332 cm³/mol. The van der Waals surface area contributed by atoms with E-state index in [1.165, 1.54) is 46.2 Å². The summed E-state index contributed by atoms with van der Waals surface area (Å²) in [5.74, 6) is -5.41. The van der Waals surface area contributed by atoms with Gasteiger partial charge in [0.05, 0.1) is 25.4 Å². The van der Waals surface area contributed by atoms with E-state index < -0.39 is 126 Å². The summed E-state index contributed by atoms with van der Waals surface area (Å²) in [7, 11) is -12.1. The number of hydrogen-bond donors (Lipinski definition) is 12. The van der Waals surface area contributed by atoms with Crippen LogP contribution in [-0.4, -0.2) is 217 Å². The molecular formula is C57H79GaN13O16P3. The topological polar surface area (TPSA) is 459 Å². The molecule has 0 aromatic heterocycles. The second-order valence-electron chi connectivity index (χ2n) is 22.1. The van der Waals surface area contributed by atoms with Crippen molar-refractivity contribution in [3.8, 4) is 5.75 Å². The minimum Gasteiger partial charge on any atom is -0.872 e. The first-order valence-corrected chi connectivity index (χ1v) is 35.0. The van der Waals surface area contributed by atoms with E-state index in [2.05, 4.69) is 42.2 Å². The number of nitrogens with one attached hydrogen (secondary N) is 7. The molecule has 29 nitrogen and oxygen atoms in total. The van der Waals surface area contributed by atoms with Gasteiger partial charge in [-0.2, -0.15) is 0 Å². The van der Waals surface area contributed by atoms with Gasteiger partial charge >= 0.3 is 19.8 Å². The number of nitrogens with zero attached hydrogens (tertiary/aromatic N) is 4. The fourth-order valence-corrected chi connectivity index (χ4v) is 13.5. The van der Waals surface area contributed by atoms with Crippen LogP contribution >= 0.6 is 22.1 Å². The van der Waals surface area contributed by atoms with Crippen LogP contribution in [0.4, 0.5) is 0 Å². The molecule has 6 rings (SSSR count). The molecule has 7 amide bonds. The molecule has 0 saturated carbocycles. The van der Waals surface area contributed by atoms with E-state index in [9.17, 15) is 77.3 Å². The number of fused-ring (bicyclic) bond motifs is 1. The Morgan fingerprint density at radius 1 is 0.600 bits per heavy atom. The number of guanidine groups is 1. The van der Waals surface area contributed by atoms with Crippen LogP contribution in [-0.2, 0) is 61.8 Å². The van der Waals surface area contributed by atoms with E-state index in [-0.39, 0.29) is 147 Å². The van der Waals surface area contributed by atoms with Crippen molar-refractivity contribution in [2.45, 2.75) is 75.7 Å². The van der Waals surface area contributed by atoms with Crippen LogP contribution in [0.15, 0.2) is 96.0 Å². The van der Waals surface area contributed by atoms with Gasteiger partial charge in [-0.3, -0.25) is 66.9 Å². The Bertz CT molecular complexity index is 3240. The fourth-order valence-electron chi connectivity index (χ4n) is 9.92. The number of nitrogens with two attached hydrogens (primary N) is 2. The van der Waals surface area contributed by atoms with Crippen molar-refractivity contribution in [2.75, 3.05) is 96.6 Å². The molecule has 4 aromatic rings. The molecule has 2 fully saturated rings. The molecule has 90 heavy (non-hydrogen) atoms. The van der Waals surface area contributed by atoms with Crippen LogP contribution in [0.2, 0.25) is 0 Å². The first-order chi connectivity index (χ1) is 42.3. The monoisotopic (exact) mass is 1360 g/mol. The van der Waals surface area contributed by atoms with E-state index in [1.807, 2.05) is 36.4 Å². The summed E-state index contributed by atoms with van der Waals surface area (Å²) in [6, 6.07) is 19.6. The number of benzene rings is 4. The molecule has 2 saturated heterocycles. The van der Waals surface area contributed by atoms with Gasteiger partial charge in [-0.1, -0.05) is 91.6 Å². The summed E-state index contributed by atoms with van der Waals surface area (Å²) >= 11 is 0. The molecule has 33 heteroatoms. The quantitative estimate of drug-likeness (QED) is 0.00974. The molecule has 2 heterocycles. The second kappa shape index (κ2) is 35.9. The first-order valence-electron chi connectivity index (χ1n) is 28.9. The summed E-state index contributed by atoms with van der Waals surface area (Å²) < 4.78 is 38.1. The van der Waals surface area contributed by atoms with Gasteiger partial charge < -0.3 is 78.7 Å². The van der Waals surface area contributed by atoms with Crippen LogP contribution < -0.4 is 64.0 Å². The van der Waals surface area contributed by atoms with Gasteiger partial charge in [0.15, 0.2) is 20.7 Å². The molecule has 0 bridgehead atoms. The van der Waals surface area contributed by atoms with Crippen LogP contribution in [0.5, 0.6) is 5.75 Å². The van der Waals surface area contributed by atoms with E-state index in [1.54, 1.807) is 23.1 Å². The van der Waals surface area contributed by atoms with Crippen molar-refractivity contribution >= 4 is 100.0 Å². The minimum atomic E-state index is -4.07. The van der Waals surface area contributed by atoms with Crippen molar-refractivity contribution in [1.29, 1.82) is 0 Å². The third kappa shape index (κ3) is 25.7. The van der Waals surface area contributed by atoms with E-state index >= 15 is 0 Å². The normalized spacial score (nSPS) is 20.7. The van der Waals surface area contributed by atoms with Gasteiger partial charge in [0.25, 0.3) is 5.91 Å². The third-order valence-corrected chi connectivity index (χ3v) is 19.0. The summed E-state index contributed by atoms with van der Waals surface area (Å²) in [6.45, 7) is 0.250. The third-order valence-electron chi connectivity index (χ3n) is 14.7. The maximum atomic E-state index is 14.4. The van der Waals surface area contributed by atoms with Crippen molar-refractivity contribution in [3.05, 3.63) is 113 Å². The zero-order chi connectivity index (χ0) is 64.7. The van der Waals surface area contributed by atoms with Crippen LogP contribution in [0.1, 0.15) is 59.2 Å². The van der Waals surface area contributed by atoms with Gasteiger partial charge in [-0.05, 0) is 65.3 Å². The molecule has 7 atom stereocenters. The maximum Gasteiger partial charge on any atom is 3.00 e. The Morgan fingerprint density at radius 3 is 1.66 bits per heavy atom. The number of carbonyl (C=O) groups excluding carboxylic acids is 7. The van der Waals surface area contributed by atoms with E-state index in [0.29, 0.717) is 16.7 Å². The van der Waals surface area contributed by atoms with E-state index in [0.717, 1.165) is 10.8 Å². The molecule has 14 N–H and O–H groups in total. The number of hydrogen-bond acceptors (Lipinski definition) is 17. The first kappa shape index (κ1) is 74.2. The van der Waals surface area contributed by atoms with Crippen LogP contribution in [0.3, 0.4) is 0 Å². The number of aliphatic imine (C=N–C) groups is 1. The van der Waals surface area contributed by atoms with Crippen molar-refractivity contribution in [1.82, 2.24) is 51.9 Å². The van der Waals surface area contributed by atoms with Crippen molar-refractivity contribution in [3.63, 3.8) is 0 Å². The van der Waals surface area contributed by atoms with Gasteiger partial charge in [0.2, 0.25) is 42.8 Å². The summed E-state index contributed by atoms with van der Waals surface area (Å²) in [6.07, 6.45) is -4.42. The Morgan fingerprint density at radius 2 is 1.09 bits per heavy atom. The Labute approximate surface area is 534 Å². The second-order valence-corrected chi connectivity index (χ2v) is 29.0. The smallest absolute Gasteiger partial charge is 0.872 e. The summed E-state index contributed by atoms with van der Waals surface area (Å²) in [4.78, 5) is 136. The largest absolute Gasteiger partial charge is 3.00 e. The zero-order valence-electron chi connectivity index (χ0n) is 49.7. The Kier molecular flexibility index (Phi) is 29.6. The van der Waals surface area contributed by atoms with Crippen molar-refractivity contribution < 1.29 is 77.3 Å². The van der Waals surface area contributed by atoms with Crippen LogP contribution in [0.25, 0.3) is 10.8 Å². The average Bonchev–Trinajstić information content (AvgIpc) is 3.12. The number of amides is 7. The van der Waals surface area contributed by atoms with Gasteiger partial charge in [0, 0.05) is 89.9 Å². The summed E-state index contributed by atoms with van der Waals surface area (Å²) in [5, 5.41) is 55.3. The molecule has 2 aliphatic rings. The molecule has 486 valence electrons. The minimum absolute atomic E-state index is 0. The SMILES string of the molecule is NC(N)=NCCC[C@H]1NC(=O)[C@@H](CCCNC(=O)c2ccc(CNC(=O)CCP(=O)(O)CN3CCN(CP(=O)(O)C[O-])CCN(CP(=O)(O)C[O-])CC3)cc2)NC(=O)[C@@H](Cc2ccc([O-])cc2)NC(=O)CNC(=O)[C@H](Cc2ccc3ccccc3c2)NC1=O.[67Ga+3]. The van der Waals surface area contributed by atoms with E-state index in [4.69, 9.17) is 11.5 Å². The standard InChI is InChI=1S/C57H80N13O16P3.Ga/c58-57(59)61-21-4-8-47-55(79)67-48(31-41-11-14-42-5-1-2-6-44(42)29-41)53(77)63-33-51(75)64-49(30-39-12-17-45(73)18-13-39)56(80)66-46(54(78)65-47)7-3-20-60-52(76)43-15-9-40(10-16-43)32-62-50(74)19-28-87(81,82)34-68-22-24-69(35-88(83,84)37-71)26-27-70(25-23-68)36-89(85,86)38-72;/h1-2,5-6,9-18,29,46-49,73H,3-4,7-8,19-28,30-38H2,(H,60,76)(H,62,74)(H,63,77)(H,64,75)(H,65,78)(H,66,80)(H,67,79)(H,81,82)(H,83,84)(H,85,86)(H4,58,59,61);/q-2;+3/p-1/t46-,47-,48+,49-;/m1./s1/i;1-3. The fraction of sp³-hybridized carbons (Fsp3) is 0.474. The Balaban J connectivity index is 0.0000147. The average molecular weight is 1360 g/mol. The van der Waals surface area contributed by atoms with Gasteiger partial charge in [-0.25, -0.2) is 0 Å². The molecule has 3 unspecified atom stereocenters. The zero-order valence-corrected chi connectivity index (χ0v) is 54.9. The predicted octanol–water partition coefficient (Wildman–Crippen LogP) is -3.10. The molecular weight excluding hydrogens is 1280 g/mol. The van der Waals surface area contributed by atoms with Crippen molar-refractivity contribution in [2.24, 2.45) is 16.5 Å². The number of rotatable bonds is 26. The maximum absolute atomic E-state index is 14.4. The molecule has 0 aliphatic carbocycles. The molecule has 0 radical (unpaired) electrons. The number of carbonyl (C=O) groups is 7. The Hall–Kier alpha value is -6.49. The molecule has 0 spiro atoms. The van der Waals surface area contributed by atoms with Crippen LogP contribution in [0, 0.1) is 0 Å². The summed E-state index contributed by atoms with van der Waals surface area (Å²) in [5.41, 5.74) is 13.1. The molecule has 4 aromatic carbocycles.